The van der Waals surface area contributed by atoms with E-state index >= 15 is 0 Å². The van der Waals surface area contributed by atoms with Gasteiger partial charge in [-0.1, -0.05) is 40.2 Å². The molecule has 0 saturated heterocycles. The number of alkyl halides is 10. The largest absolute Gasteiger partial charge is 0.460 e. The van der Waals surface area contributed by atoms with Gasteiger partial charge in [0.2, 0.25) is 0 Å². The summed E-state index contributed by atoms with van der Waals surface area (Å²) < 4.78 is 132. The summed E-state index contributed by atoms with van der Waals surface area (Å²) in [7, 11) is 0. The molecule has 1 aliphatic carbocycles. The van der Waals surface area contributed by atoms with E-state index in [1.807, 2.05) is 0 Å². The molecule has 0 aromatic heterocycles. The van der Waals surface area contributed by atoms with E-state index in [1.54, 1.807) is 0 Å². The van der Waals surface area contributed by atoms with Gasteiger partial charge < -0.3 is 0 Å². The Balaban J connectivity index is 3.87. The summed E-state index contributed by atoms with van der Waals surface area (Å²) in [6.07, 6.45) is -13.0. The Hall–Kier alpha value is -0.960. The Morgan fingerprint density at radius 2 is 1.12 bits per heavy atom. The van der Waals surface area contributed by atoms with Crippen molar-refractivity contribution >= 4 is 0 Å². The fourth-order valence-corrected chi connectivity index (χ4v) is 4.28. The van der Waals surface area contributed by atoms with Crippen molar-refractivity contribution in [1.82, 2.24) is 0 Å². The summed E-state index contributed by atoms with van der Waals surface area (Å²) in [4.78, 5) is 0. The maximum Gasteiger partial charge on any atom is 0.460 e. The normalized spacial score (nSPS) is 25.8. The Kier molecular flexibility index (Phi) is 4.91. The lowest BCUT2D eigenvalue weighted by atomic mass is 9.67. The van der Waals surface area contributed by atoms with Gasteiger partial charge in [0.15, 0.2) is 0 Å². The van der Waals surface area contributed by atoms with Crippen molar-refractivity contribution < 1.29 is 43.9 Å². The summed E-state index contributed by atoms with van der Waals surface area (Å²) in [5, 5.41) is 0. The zero-order valence-corrected chi connectivity index (χ0v) is 15.0. The van der Waals surface area contributed by atoms with Crippen molar-refractivity contribution in [3.05, 3.63) is 11.1 Å². The van der Waals surface area contributed by atoms with Crippen LogP contribution >= 0.6 is 0 Å². The molecule has 1 aliphatic rings. The third-order valence-corrected chi connectivity index (χ3v) is 5.38. The lowest BCUT2D eigenvalue weighted by molar-refractivity contribution is -0.351. The van der Waals surface area contributed by atoms with E-state index in [0.717, 1.165) is 0 Å². The maximum atomic E-state index is 14.1. The SMILES string of the molecule is C/C(=C(/C(F)(F)F)C(F)(F)C(F)(F)C(F)(F)F)C1(C(C)(C)C)CC1(C)C. The summed E-state index contributed by atoms with van der Waals surface area (Å²) >= 11 is 0. The van der Waals surface area contributed by atoms with Crippen LogP contribution in [-0.2, 0) is 0 Å². The van der Waals surface area contributed by atoms with Crippen molar-refractivity contribution in [1.29, 1.82) is 0 Å². The Bertz CT molecular complexity index is 598. The molecule has 0 bridgehead atoms. The monoisotopic (exact) mass is 402 g/mol. The molecule has 0 nitrogen and oxygen atoms in total. The van der Waals surface area contributed by atoms with Crippen LogP contribution in [0.4, 0.5) is 43.9 Å². The first-order valence-electron chi connectivity index (χ1n) is 7.60. The summed E-state index contributed by atoms with van der Waals surface area (Å²) in [6, 6.07) is 0. The van der Waals surface area contributed by atoms with E-state index in [9.17, 15) is 43.9 Å². The van der Waals surface area contributed by atoms with Gasteiger partial charge in [-0.3, -0.25) is 0 Å². The Labute approximate surface area is 144 Å². The molecule has 0 spiro atoms. The van der Waals surface area contributed by atoms with Gasteiger partial charge in [-0.05, 0) is 24.2 Å². The predicted octanol–water partition coefficient (Wildman–Crippen LogP) is 7.16. The minimum atomic E-state index is -6.87. The standard InChI is InChI=1S/C16H20F10/c1-8(12(10(2,3)4)7-11(12,5)6)9(14(19,20)21)13(17,18)15(22,23)16(24,25)26/h7H2,1-6H3/b9-8-. The highest BCUT2D eigenvalue weighted by molar-refractivity contribution is 5.40. The third kappa shape index (κ3) is 3.00. The van der Waals surface area contributed by atoms with Crippen LogP contribution in [-0.4, -0.2) is 24.2 Å². The molecule has 1 saturated carbocycles. The van der Waals surface area contributed by atoms with Crippen molar-refractivity contribution in [2.45, 2.75) is 72.2 Å². The first-order valence-corrected chi connectivity index (χ1v) is 7.60. The second-order valence-electron chi connectivity index (χ2n) is 8.36. The quantitative estimate of drug-likeness (QED) is 0.347. The summed E-state index contributed by atoms with van der Waals surface area (Å²) in [5.74, 6) is -13.3. The second kappa shape index (κ2) is 5.53. The zero-order chi connectivity index (χ0) is 21.4. The average Bonchev–Trinajstić information content (AvgIpc) is 2.89. The molecule has 0 amide bonds. The number of halogens is 10. The van der Waals surface area contributed by atoms with Crippen LogP contribution < -0.4 is 0 Å². The van der Waals surface area contributed by atoms with Crippen LogP contribution in [0, 0.1) is 16.2 Å². The summed E-state index contributed by atoms with van der Waals surface area (Å²) in [6.45, 7) is 7.77. The smallest absolute Gasteiger partial charge is 0.194 e. The van der Waals surface area contributed by atoms with Gasteiger partial charge in [0.1, 0.15) is 5.57 Å². The van der Waals surface area contributed by atoms with E-state index in [1.165, 1.54) is 34.6 Å². The van der Waals surface area contributed by atoms with Gasteiger partial charge in [-0.15, -0.1) is 0 Å². The van der Waals surface area contributed by atoms with E-state index in [4.69, 9.17) is 0 Å². The third-order valence-electron chi connectivity index (χ3n) is 5.38. The molecule has 0 aromatic carbocycles. The Morgan fingerprint density at radius 1 is 0.769 bits per heavy atom. The lowest BCUT2D eigenvalue weighted by Crippen LogP contribution is -2.55. The van der Waals surface area contributed by atoms with Crippen LogP contribution in [0.5, 0.6) is 0 Å². The lowest BCUT2D eigenvalue weighted by Gasteiger charge is -2.39. The number of rotatable bonds is 3. The maximum absolute atomic E-state index is 14.1. The Morgan fingerprint density at radius 3 is 1.31 bits per heavy atom. The minimum Gasteiger partial charge on any atom is -0.194 e. The van der Waals surface area contributed by atoms with Gasteiger partial charge in [-0.25, -0.2) is 0 Å². The zero-order valence-electron chi connectivity index (χ0n) is 15.0. The summed E-state index contributed by atoms with van der Waals surface area (Å²) in [5.41, 5.74) is -7.96. The van der Waals surface area contributed by atoms with Gasteiger partial charge in [-0.2, -0.15) is 43.9 Å². The highest BCUT2D eigenvalue weighted by Crippen LogP contribution is 2.76. The van der Waals surface area contributed by atoms with Gasteiger partial charge in [0.05, 0.1) is 0 Å². The molecule has 154 valence electrons. The van der Waals surface area contributed by atoms with Crippen LogP contribution in [0.15, 0.2) is 11.1 Å². The molecular weight excluding hydrogens is 382 g/mol. The van der Waals surface area contributed by atoms with Crippen molar-refractivity contribution in [2.75, 3.05) is 0 Å². The highest BCUT2D eigenvalue weighted by Gasteiger charge is 2.79. The molecule has 1 rings (SSSR count). The van der Waals surface area contributed by atoms with Crippen molar-refractivity contribution in [3.8, 4) is 0 Å². The fraction of sp³-hybridized carbons (Fsp3) is 0.875. The molecule has 0 radical (unpaired) electrons. The second-order valence-corrected chi connectivity index (χ2v) is 8.36. The van der Waals surface area contributed by atoms with Gasteiger partial charge in [0, 0.05) is 5.41 Å². The average molecular weight is 402 g/mol. The highest BCUT2D eigenvalue weighted by atomic mass is 19.4. The number of allylic oxidation sites excluding steroid dienone is 2. The van der Waals surface area contributed by atoms with E-state index in [0.29, 0.717) is 6.92 Å². The first-order chi connectivity index (χ1) is 11.0. The van der Waals surface area contributed by atoms with Crippen LogP contribution in [0.1, 0.15) is 48.0 Å². The van der Waals surface area contributed by atoms with Crippen LogP contribution in [0.25, 0.3) is 0 Å². The van der Waals surface area contributed by atoms with Crippen LogP contribution in [0.2, 0.25) is 0 Å². The molecule has 1 unspecified atom stereocenters. The van der Waals surface area contributed by atoms with Crippen LogP contribution in [0.3, 0.4) is 0 Å². The topological polar surface area (TPSA) is 0 Å². The molecule has 0 aliphatic heterocycles. The van der Waals surface area contributed by atoms with Gasteiger partial charge in [0.25, 0.3) is 0 Å². The predicted molar refractivity (Wildman–Crippen MR) is 75.0 cm³/mol. The van der Waals surface area contributed by atoms with E-state index in [2.05, 4.69) is 0 Å². The first kappa shape index (κ1) is 23.1. The fourth-order valence-electron chi connectivity index (χ4n) is 4.28. The molecule has 0 aromatic rings. The molecule has 0 N–H and O–H groups in total. The van der Waals surface area contributed by atoms with Crippen molar-refractivity contribution in [2.24, 2.45) is 16.2 Å². The van der Waals surface area contributed by atoms with Gasteiger partial charge >= 0.3 is 24.2 Å². The molecule has 10 heteroatoms. The minimum absolute atomic E-state index is 0.0530. The number of hydrogen-bond donors (Lipinski definition) is 0. The van der Waals surface area contributed by atoms with E-state index in [-0.39, 0.29) is 6.42 Å². The van der Waals surface area contributed by atoms with E-state index < -0.39 is 51.6 Å². The molecule has 26 heavy (non-hydrogen) atoms. The molecule has 1 fully saturated rings. The molecule has 1 atom stereocenters. The molecule has 0 heterocycles. The number of hydrogen-bond acceptors (Lipinski definition) is 0. The van der Waals surface area contributed by atoms with Crippen molar-refractivity contribution in [3.63, 3.8) is 0 Å². The molecular formula is C16H20F10.